The average Bonchev–Trinajstić information content (AvgIpc) is 2.05. The minimum absolute atomic E-state index is 0.191. The second kappa shape index (κ2) is 4.73. The molecular formula is C11H20F3N. The smallest absolute Gasteiger partial charge is 0.308 e. The summed E-state index contributed by atoms with van der Waals surface area (Å²) in [6.07, 6.45) is 0.465. The largest absolute Gasteiger partial charge is 0.401 e. The lowest BCUT2D eigenvalue weighted by Gasteiger charge is -2.38. The summed E-state index contributed by atoms with van der Waals surface area (Å²) in [6, 6.07) is 0. The van der Waals surface area contributed by atoms with E-state index in [1.165, 1.54) is 6.42 Å². The summed E-state index contributed by atoms with van der Waals surface area (Å²) in [5.74, 6) is 0.383. The zero-order chi connectivity index (χ0) is 11.5. The molecule has 0 aliphatic heterocycles. The topological polar surface area (TPSA) is 12.0 Å². The number of hydrogen-bond acceptors (Lipinski definition) is 1. The van der Waals surface area contributed by atoms with Gasteiger partial charge in [0.1, 0.15) is 0 Å². The van der Waals surface area contributed by atoms with Crippen LogP contribution in [0.15, 0.2) is 0 Å². The van der Waals surface area contributed by atoms with E-state index in [1.807, 2.05) is 0 Å². The van der Waals surface area contributed by atoms with Gasteiger partial charge in [-0.25, -0.2) is 0 Å². The molecule has 0 aromatic heterocycles. The first-order valence-electron chi connectivity index (χ1n) is 5.59. The molecule has 90 valence electrons. The highest BCUT2D eigenvalue weighted by atomic mass is 19.4. The molecule has 0 aromatic carbocycles. The van der Waals surface area contributed by atoms with Crippen molar-refractivity contribution in [2.24, 2.45) is 11.3 Å². The Morgan fingerprint density at radius 3 is 2.47 bits per heavy atom. The Labute approximate surface area is 89.4 Å². The zero-order valence-electron chi connectivity index (χ0n) is 9.45. The molecule has 1 unspecified atom stereocenters. The van der Waals surface area contributed by atoms with Gasteiger partial charge in [-0.15, -0.1) is 0 Å². The van der Waals surface area contributed by atoms with E-state index in [4.69, 9.17) is 0 Å². The molecule has 1 aliphatic rings. The molecule has 0 bridgehead atoms. The number of halogens is 3. The van der Waals surface area contributed by atoms with E-state index >= 15 is 0 Å². The maximum atomic E-state index is 11.9. The molecule has 1 atom stereocenters. The first kappa shape index (κ1) is 12.8. The van der Waals surface area contributed by atoms with Gasteiger partial charge in [-0.3, -0.25) is 0 Å². The molecule has 1 saturated carbocycles. The highest BCUT2D eigenvalue weighted by molar-refractivity contribution is 4.84. The summed E-state index contributed by atoms with van der Waals surface area (Å²) in [4.78, 5) is 0. The summed E-state index contributed by atoms with van der Waals surface area (Å²) in [5, 5.41) is 2.53. The van der Waals surface area contributed by atoms with Crippen LogP contribution >= 0.6 is 0 Å². The zero-order valence-corrected chi connectivity index (χ0v) is 9.45. The summed E-state index contributed by atoms with van der Waals surface area (Å²) in [5.41, 5.74) is 0.191. The summed E-state index contributed by atoms with van der Waals surface area (Å²) in [7, 11) is 0. The van der Waals surface area contributed by atoms with E-state index in [9.17, 15) is 13.2 Å². The molecule has 15 heavy (non-hydrogen) atoms. The van der Waals surface area contributed by atoms with Crippen LogP contribution in [0.25, 0.3) is 0 Å². The fourth-order valence-corrected chi connectivity index (χ4v) is 2.33. The van der Waals surface area contributed by atoms with Gasteiger partial charge in [0.05, 0.1) is 6.54 Å². The van der Waals surface area contributed by atoms with Crippen LogP contribution in [0.4, 0.5) is 13.2 Å². The molecule has 0 aromatic rings. The fraction of sp³-hybridized carbons (Fsp3) is 1.00. The van der Waals surface area contributed by atoms with Crippen molar-refractivity contribution in [2.75, 3.05) is 13.1 Å². The van der Waals surface area contributed by atoms with Crippen molar-refractivity contribution < 1.29 is 13.2 Å². The Hall–Kier alpha value is -0.250. The van der Waals surface area contributed by atoms with Crippen LogP contribution in [0.5, 0.6) is 0 Å². The Bertz CT molecular complexity index is 198. The molecule has 1 aliphatic carbocycles. The third-order valence-corrected chi connectivity index (χ3v) is 3.45. The van der Waals surface area contributed by atoms with Crippen molar-refractivity contribution in [3.8, 4) is 0 Å². The van der Waals surface area contributed by atoms with Crippen LogP contribution in [-0.4, -0.2) is 19.3 Å². The number of nitrogens with one attached hydrogen (secondary N) is 1. The summed E-state index contributed by atoms with van der Waals surface area (Å²) in [6.45, 7) is 3.95. The molecule has 0 radical (unpaired) electrons. The van der Waals surface area contributed by atoms with Gasteiger partial charge in [0, 0.05) is 0 Å². The van der Waals surface area contributed by atoms with Crippen molar-refractivity contribution in [2.45, 2.75) is 45.7 Å². The van der Waals surface area contributed by atoms with E-state index in [1.54, 1.807) is 0 Å². The predicted octanol–water partition coefficient (Wildman–Crippen LogP) is 3.35. The lowest BCUT2D eigenvalue weighted by atomic mass is 9.69. The van der Waals surface area contributed by atoms with Crippen LogP contribution in [-0.2, 0) is 0 Å². The van der Waals surface area contributed by atoms with E-state index < -0.39 is 12.7 Å². The van der Waals surface area contributed by atoms with Gasteiger partial charge in [0.15, 0.2) is 0 Å². The third kappa shape index (κ3) is 4.41. The van der Waals surface area contributed by atoms with Crippen LogP contribution < -0.4 is 5.32 Å². The van der Waals surface area contributed by atoms with Gasteiger partial charge in [0.25, 0.3) is 0 Å². The SMILES string of the molecule is CC1(C)CCCCC1CNCC(F)(F)F. The second-order valence-electron chi connectivity index (χ2n) is 5.18. The van der Waals surface area contributed by atoms with E-state index in [0.29, 0.717) is 12.5 Å². The van der Waals surface area contributed by atoms with Crippen LogP contribution in [0.3, 0.4) is 0 Å². The van der Waals surface area contributed by atoms with Crippen molar-refractivity contribution in [1.29, 1.82) is 0 Å². The van der Waals surface area contributed by atoms with Gasteiger partial charge >= 0.3 is 6.18 Å². The predicted molar refractivity (Wildman–Crippen MR) is 54.7 cm³/mol. The lowest BCUT2D eigenvalue weighted by molar-refractivity contribution is -0.125. The van der Waals surface area contributed by atoms with Crippen LogP contribution in [0.1, 0.15) is 39.5 Å². The molecular weight excluding hydrogens is 203 g/mol. The van der Waals surface area contributed by atoms with Gasteiger partial charge < -0.3 is 5.32 Å². The molecule has 1 fully saturated rings. The maximum absolute atomic E-state index is 11.9. The molecule has 4 heteroatoms. The minimum atomic E-state index is -4.08. The van der Waals surface area contributed by atoms with Gasteiger partial charge in [-0.2, -0.15) is 13.2 Å². The summed E-state index contributed by atoms with van der Waals surface area (Å²) < 4.78 is 35.8. The Kier molecular flexibility index (Phi) is 4.04. The highest BCUT2D eigenvalue weighted by Gasteiger charge is 2.33. The van der Waals surface area contributed by atoms with Crippen LogP contribution in [0.2, 0.25) is 0 Å². The Balaban J connectivity index is 2.31. The molecule has 1 N–H and O–H groups in total. The quantitative estimate of drug-likeness (QED) is 0.773. The molecule has 0 heterocycles. The van der Waals surface area contributed by atoms with Gasteiger partial charge in [0.2, 0.25) is 0 Å². The second-order valence-corrected chi connectivity index (χ2v) is 5.18. The van der Waals surface area contributed by atoms with Crippen molar-refractivity contribution in [1.82, 2.24) is 5.32 Å². The Morgan fingerprint density at radius 1 is 1.27 bits per heavy atom. The average molecular weight is 223 g/mol. The van der Waals surface area contributed by atoms with Crippen molar-refractivity contribution >= 4 is 0 Å². The van der Waals surface area contributed by atoms with Gasteiger partial charge in [-0.05, 0) is 30.7 Å². The molecule has 1 nitrogen and oxygen atoms in total. The standard InChI is InChI=1S/C11H20F3N/c1-10(2)6-4-3-5-9(10)7-15-8-11(12,13)14/h9,15H,3-8H2,1-2H3. The fourth-order valence-electron chi connectivity index (χ4n) is 2.33. The number of rotatable bonds is 3. The normalized spacial score (nSPS) is 26.6. The van der Waals surface area contributed by atoms with E-state index in [2.05, 4.69) is 19.2 Å². The first-order chi connectivity index (χ1) is 6.81. The summed E-state index contributed by atoms with van der Waals surface area (Å²) >= 11 is 0. The number of alkyl halides is 3. The third-order valence-electron chi connectivity index (χ3n) is 3.45. The lowest BCUT2D eigenvalue weighted by Crippen LogP contribution is -2.39. The first-order valence-corrected chi connectivity index (χ1v) is 5.59. The van der Waals surface area contributed by atoms with E-state index in [-0.39, 0.29) is 5.41 Å². The van der Waals surface area contributed by atoms with Crippen LogP contribution in [0, 0.1) is 11.3 Å². The number of hydrogen-bond donors (Lipinski definition) is 1. The molecule has 0 spiro atoms. The maximum Gasteiger partial charge on any atom is 0.401 e. The molecule has 1 rings (SSSR count). The Morgan fingerprint density at radius 2 is 1.93 bits per heavy atom. The van der Waals surface area contributed by atoms with Gasteiger partial charge in [-0.1, -0.05) is 26.7 Å². The van der Waals surface area contributed by atoms with Crippen molar-refractivity contribution in [3.05, 3.63) is 0 Å². The highest BCUT2D eigenvalue weighted by Crippen LogP contribution is 2.40. The molecule has 0 amide bonds. The van der Waals surface area contributed by atoms with Crippen molar-refractivity contribution in [3.63, 3.8) is 0 Å². The molecule has 0 saturated heterocycles. The minimum Gasteiger partial charge on any atom is -0.308 e. The van der Waals surface area contributed by atoms with E-state index in [0.717, 1.165) is 19.3 Å². The monoisotopic (exact) mass is 223 g/mol.